The van der Waals surface area contributed by atoms with Gasteiger partial charge in [0.05, 0.1) is 32.0 Å². The van der Waals surface area contributed by atoms with Crippen molar-refractivity contribution < 1.29 is 64.6 Å². The second kappa shape index (κ2) is 49.0. The molecule has 2 saturated heterocycles. The number of aliphatic hydroxyl groups is 8. The lowest BCUT2D eigenvalue weighted by molar-refractivity contribution is -0.359. The fourth-order valence-corrected chi connectivity index (χ4v) is 9.06. The summed E-state index contributed by atoms with van der Waals surface area (Å²) in [4.78, 5) is 13.2. The number of aliphatic hydroxyl groups excluding tert-OH is 8. The molecule has 9 N–H and O–H groups in total. The summed E-state index contributed by atoms with van der Waals surface area (Å²) >= 11 is 0. The number of unbranched alkanes of at least 4 members (excludes halogenated alkanes) is 15. The molecule has 0 spiro atoms. The zero-order valence-electron chi connectivity index (χ0n) is 48.3. The number of hydrogen-bond donors (Lipinski definition) is 9. The third kappa shape index (κ3) is 34.4. The van der Waals surface area contributed by atoms with Crippen LogP contribution in [0.25, 0.3) is 0 Å². The molecule has 2 rings (SSSR count). The molecule has 0 aromatic carbocycles. The van der Waals surface area contributed by atoms with Crippen LogP contribution in [-0.2, 0) is 23.7 Å². The average molecular weight is 1110 g/mol. The van der Waals surface area contributed by atoms with Crippen LogP contribution in [0.1, 0.15) is 187 Å². The van der Waals surface area contributed by atoms with Crippen molar-refractivity contribution in [3.63, 3.8) is 0 Å². The minimum atomic E-state index is -1.80. The van der Waals surface area contributed by atoms with Crippen molar-refractivity contribution in [2.24, 2.45) is 0 Å². The van der Waals surface area contributed by atoms with Gasteiger partial charge in [0.25, 0.3) is 0 Å². The molecule has 0 bridgehead atoms. The van der Waals surface area contributed by atoms with Crippen LogP contribution in [-0.4, -0.2) is 140 Å². The van der Waals surface area contributed by atoms with Crippen LogP contribution in [0, 0.1) is 0 Å². The second-order valence-corrected chi connectivity index (χ2v) is 20.7. The molecular weight excluding hydrogens is 1000 g/mol. The fraction of sp³-hybridized carbons (Fsp3) is 0.677. The molecule has 0 aromatic heterocycles. The van der Waals surface area contributed by atoms with E-state index in [0.717, 1.165) is 83.5 Å². The van der Waals surface area contributed by atoms with Crippen LogP contribution < -0.4 is 5.32 Å². The first kappa shape index (κ1) is 71.5. The number of rotatable bonds is 46. The number of ether oxygens (including phenoxy) is 4. The van der Waals surface area contributed by atoms with Gasteiger partial charge in [0.2, 0.25) is 5.91 Å². The molecule has 2 heterocycles. The summed E-state index contributed by atoms with van der Waals surface area (Å²) in [5.41, 5.74) is 0. The summed E-state index contributed by atoms with van der Waals surface area (Å²) in [6.07, 6.45) is 53.8. The molecule has 12 atom stereocenters. The van der Waals surface area contributed by atoms with Crippen molar-refractivity contribution >= 4 is 5.91 Å². The number of carbonyl (C=O) groups is 1. The summed E-state index contributed by atoms with van der Waals surface area (Å²) in [5.74, 6) is -0.302. The van der Waals surface area contributed by atoms with E-state index in [1.165, 1.54) is 70.6 Å². The maximum atomic E-state index is 13.2. The van der Waals surface area contributed by atoms with E-state index in [2.05, 4.69) is 122 Å². The number of carbonyl (C=O) groups excluding carboxylic acids is 1. The minimum Gasteiger partial charge on any atom is -0.394 e. The van der Waals surface area contributed by atoms with E-state index in [9.17, 15) is 45.6 Å². The highest BCUT2D eigenvalue weighted by Crippen LogP contribution is 2.30. The van der Waals surface area contributed by atoms with Gasteiger partial charge in [-0.3, -0.25) is 4.79 Å². The number of hydrogen-bond acceptors (Lipinski definition) is 13. The first-order valence-corrected chi connectivity index (χ1v) is 30.3. The van der Waals surface area contributed by atoms with Crippen molar-refractivity contribution in [3.05, 3.63) is 122 Å². The van der Waals surface area contributed by atoms with Gasteiger partial charge >= 0.3 is 0 Å². The Balaban J connectivity index is 1.78. The van der Waals surface area contributed by atoms with Crippen LogP contribution in [0.15, 0.2) is 122 Å². The maximum Gasteiger partial charge on any atom is 0.220 e. The highest BCUT2D eigenvalue weighted by atomic mass is 16.7. The topological polar surface area (TPSA) is 228 Å². The first-order valence-electron chi connectivity index (χ1n) is 30.3. The maximum absolute atomic E-state index is 13.2. The van der Waals surface area contributed by atoms with Gasteiger partial charge in [0.15, 0.2) is 12.6 Å². The minimum absolute atomic E-state index is 0.193. The van der Waals surface area contributed by atoms with Crippen molar-refractivity contribution in [2.75, 3.05) is 19.8 Å². The van der Waals surface area contributed by atoms with Crippen LogP contribution in [0.4, 0.5) is 0 Å². The molecule has 1 amide bonds. The molecule has 0 aromatic rings. The molecule has 14 nitrogen and oxygen atoms in total. The van der Waals surface area contributed by atoms with Gasteiger partial charge in [-0.2, -0.15) is 0 Å². The molecule has 2 aliphatic heterocycles. The molecule has 0 aliphatic carbocycles. The van der Waals surface area contributed by atoms with Gasteiger partial charge < -0.3 is 65.1 Å². The van der Waals surface area contributed by atoms with Gasteiger partial charge in [-0.05, 0) is 83.5 Å². The summed E-state index contributed by atoms with van der Waals surface area (Å²) in [7, 11) is 0. The third-order valence-corrected chi connectivity index (χ3v) is 13.9. The Hall–Kier alpha value is -3.61. The van der Waals surface area contributed by atoms with Crippen LogP contribution >= 0.6 is 0 Å². The first-order chi connectivity index (χ1) is 38.6. The van der Waals surface area contributed by atoms with Gasteiger partial charge in [-0.25, -0.2) is 0 Å². The summed E-state index contributed by atoms with van der Waals surface area (Å²) < 4.78 is 22.7. The highest BCUT2D eigenvalue weighted by molar-refractivity contribution is 5.76. The van der Waals surface area contributed by atoms with Crippen molar-refractivity contribution in [3.8, 4) is 0 Å². The van der Waals surface area contributed by atoms with E-state index in [1.807, 2.05) is 12.2 Å². The smallest absolute Gasteiger partial charge is 0.220 e. The average Bonchev–Trinajstić information content (AvgIpc) is 3.48. The lowest BCUT2D eigenvalue weighted by Crippen LogP contribution is -2.65. The third-order valence-electron chi connectivity index (χ3n) is 13.9. The molecule has 0 saturated carbocycles. The Kier molecular flexibility index (Phi) is 44.4. The molecule has 12 unspecified atom stereocenters. The van der Waals surface area contributed by atoms with E-state index < -0.39 is 86.8 Å². The van der Waals surface area contributed by atoms with Gasteiger partial charge in [-0.15, -0.1) is 0 Å². The van der Waals surface area contributed by atoms with Crippen molar-refractivity contribution in [1.29, 1.82) is 0 Å². The number of allylic oxidation sites excluding steroid dienone is 19. The van der Waals surface area contributed by atoms with Gasteiger partial charge in [0.1, 0.15) is 48.8 Å². The van der Waals surface area contributed by atoms with Crippen LogP contribution in [0.5, 0.6) is 0 Å². The molecule has 2 aliphatic rings. The van der Waals surface area contributed by atoms with E-state index in [4.69, 9.17) is 18.9 Å². The monoisotopic (exact) mass is 1110 g/mol. The zero-order valence-corrected chi connectivity index (χ0v) is 48.3. The normalized spacial score (nSPS) is 25.3. The SMILES string of the molecule is CC/C=C\C/C=C\C/C=C\C/C=C\C/C=C\C/C=C\C/C=C\C/C=C\C/C=C\CCCC(=O)NC(COC1OC(CO)C(OC2OC(CO)C(O)C(O)C2O)C(O)C1O)C(O)/C=C/CCCCCCCCCCCCCCCC. The lowest BCUT2D eigenvalue weighted by atomic mass is 9.97. The summed E-state index contributed by atoms with van der Waals surface area (Å²) in [6.45, 7) is 2.63. The van der Waals surface area contributed by atoms with E-state index >= 15 is 0 Å². The Labute approximate surface area is 476 Å². The predicted octanol–water partition coefficient (Wildman–Crippen LogP) is 10.6. The number of nitrogens with one attached hydrogen (secondary N) is 1. The highest BCUT2D eigenvalue weighted by Gasteiger charge is 2.51. The Morgan fingerprint density at radius 1 is 0.468 bits per heavy atom. The molecule has 450 valence electrons. The zero-order chi connectivity index (χ0) is 57.4. The van der Waals surface area contributed by atoms with Gasteiger partial charge in [-0.1, -0.05) is 219 Å². The Bertz CT molecular complexity index is 1790. The van der Waals surface area contributed by atoms with E-state index in [0.29, 0.717) is 12.8 Å². The Morgan fingerprint density at radius 2 is 0.873 bits per heavy atom. The van der Waals surface area contributed by atoms with Crippen molar-refractivity contribution in [2.45, 2.75) is 261 Å². The molecule has 14 heteroatoms. The summed E-state index contributed by atoms with van der Waals surface area (Å²) in [5, 5.41) is 87.0. The molecule has 2 fully saturated rings. The van der Waals surface area contributed by atoms with E-state index in [-0.39, 0.29) is 18.9 Å². The predicted molar refractivity (Wildman–Crippen MR) is 318 cm³/mol. The van der Waals surface area contributed by atoms with E-state index in [1.54, 1.807) is 6.08 Å². The van der Waals surface area contributed by atoms with Crippen LogP contribution in [0.3, 0.4) is 0 Å². The Morgan fingerprint density at radius 3 is 1.33 bits per heavy atom. The summed E-state index contributed by atoms with van der Waals surface area (Å²) in [6, 6.07) is -0.955. The molecular formula is C65H107NO13. The molecule has 0 radical (unpaired) electrons. The van der Waals surface area contributed by atoms with Crippen molar-refractivity contribution in [1.82, 2.24) is 5.32 Å². The van der Waals surface area contributed by atoms with Crippen LogP contribution in [0.2, 0.25) is 0 Å². The second-order valence-electron chi connectivity index (χ2n) is 20.7. The fourth-order valence-electron chi connectivity index (χ4n) is 9.06. The standard InChI is InChI=1S/C65H107NO13/c1-3-5-7-9-11-13-15-17-19-21-22-23-24-25-26-27-28-29-30-31-32-33-35-37-39-41-43-45-47-49-57(70)66-53(54(69)48-46-44-42-40-38-36-34-20-18-16-14-12-10-8-6-4-2)52-76-64-62(75)60(73)63(56(51-68)78-64)79-65-61(74)59(72)58(71)55(50-67)77-65/h5,7,11,13,17,19,22-23,25-26,28-29,31-32,35,37,41,43,46,48,53-56,58-65,67-69,71-75H,3-4,6,8-10,12,14-16,18,20-21,24,27,30,33-34,36,38-40,42,44-45,47,49-52H2,1-2H3,(H,66,70)/b7-5-,13-11-,19-17-,23-22-,26-25-,29-28-,32-31-,37-35-,43-41-,48-46+. The quantitative estimate of drug-likeness (QED) is 0.0204. The number of amides is 1. The van der Waals surface area contributed by atoms with Gasteiger partial charge in [0, 0.05) is 6.42 Å². The lowest BCUT2D eigenvalue weighted by Gasteiger charge is -2.46. The largest absolute Gasteiger partial charge is 0.394 e. The molecule has 79 heavy (non-hydrogen) atoms.